The van der Waals surface area contributed by atoms with Gasteiger partial charge in [-0.15, -0.1) is 0 Å². The first kappa shape index (κ1) is 36.2. The molecule has 236 valence electrons. The Morgan fingerprint density at radius 2 is 1.68 bits per heavy atom. The first-order valence-electron chi connectivity index (χ1n) is 14.0. The molecule has 0 aromatic rings. The maximum absolute atomic E-state index is 13.6. The number of nitrogens with zero attached hydrogens (tertiary/aromatic N) is 2. The molecule has 7 unspecified atom stereocenters. The molecule has 0 aromatic heterocycles. The lowest BCUT2D eigenvalue weighted by Gasteiger charge is -2.39. The summed E-state index contributed by atoms with van der Waals surface area (Å²) in [6.07, 6.45) is 0.723. The molecule has 5 N–H and O–H groups in total. The average molecular weight is 588 g/mol. The third-order valence-corrected chi connectivity index (χ3v) is 7.98. The number of aliphatic hydroxyl groups excluding tert-OH is 1. The zero-order valence-corrected chi connectivity index (χ0v) is 25.3. The van der Waals surface area contributed by atoms with Gasteiger partial charge in [0.1, 0.15) is 12.6 Å². The summed E-state index contributed by atoms with van der Waals surface area (Å²) in [7, 11) is 6.09. The minimum absolute atomic E-state index is 0.0195. The lowest BCUT2D eigenvalue weighted by Crippen LogP contribution is -2.55. The first-order chi connectivity index (χ1) is 19.4. The lowest BCUT2D eigenvalue weighted by molar-refractivity contribution is -0.146. The zero-order chi connectivity index (χ0) is 31.3. The molecule has 14 nitrogen and oxygen atoms in total. The number of carbonyl (C=O) groups excluding carboxylic acids is 4. The van der Waals surface area contributed by atoms with Gasteiger partial charge in [-0.05, 0) is 25.8 Å². The predicted octanol–water partition coefficient (Wildman–Crippen LogP) is -1.20. The summed E-state index contributed by atoms with van der Waals surface area (Å²) >= 11 is 0. The maximum atomic E-state index is 13.6. The number of aliphatic carboxylic acids is 1. The molecule has 14 heteroatoms. The third-order valence-electron chi connectivity index (χ3n) is 7.98. The minimum atomic E-state index is -1.16. The highest BCUT2D eigenvalue weighted by molar-refractivity contribution is 5.87. The summed E-state index contributed by atoms with van der Waals surface area (Å²) in [5.41, 5.74) is 0. The van der Waals surface area contributed by atoms with Gasteiger partial charge < -0.3 is 45.4 Å². The van der Waals surface area contributed by atoms with E-state index in [9.17, 15) is 29.1 Å². The van der Waals surface area contributed by atoms with Gasteiger partial charge >= 0.3 is 5.97 Å². The molecule has 0 bridgehead atoms. The maximum Gasteiger partial charge on any atom is 0.322 e. The minimum Gasteiger partial charge on any atom is -0.480 e. The summed E-state index contributed by atoms with van der Waals surface area (Å²) in [6.45, 7) is 4.84. The van der Waals surface area contributed by atoms with E-state index in [4.69, 9.17) is 14.6 Å². The van der Waals surface area contributed by atoms with Crippen LogP contribution in [0.5, 0.6) is 0 Å². The summed E-state index contributed by atoms with van der Waals surface area (Å²) in [5.74, 6) is -3.45. The number of amides is 4. The van der Waals surface area contributed by atoms with Gasteiger partial charge in [-0.1, -0.05) is 27.2 Å². The van der Waals surface area contributed by atoms with E-state index in [1.54, 1.807) is 18.9 Å². The fourth-order valence-corrected chi connectivity index (χ4v) is 5.37. The lowest BCUT2D eigenvalue weighted by atomic mass is 9.90. The van der Waals surface area contributed by atoms with Crippen molar-refractivity contribution in [1.29, 1.82) is 0 Å². The second-order valence-corrected chi connectivity index (χ2v) is 10.5. The highest BCUT2D eigenvalue weighted by atomic mass is 16.5. The summed E-state index contributed by atoms with van der Waals surface area (Å²) in [4.78, 5) is 65.5. The molecule has 0 saturated carbocycles. The third kappa shape index (κ3) is 10.2. The van der Waals surface area contributed by atoms with E-state index in [0.29, 0.717) is 25.8 Å². The van der Waals surface area contributed by atoms with E-state index < -0.39 is 61.1 Å². The van der Waals surface area contributed by atoms with Gasteiger partial charge in [0.2, 0.25) is 23.6 Å². The number of likely N-dealkylation sites (N-methyl/N-ethyl adjacent to an activating group) is 2. The standard InChI is InChI=1S/C27H49N5O9/c1-8-16(2)24(31(5)22(35)13-29-27(39)18(15-33)28-4)20(40-6)12-21(34)32-11-9-10-19(32)25(41-7)17(3)26(38)30-14-23(36)37/h16-20,24-25,28,33H,8-15H2,1-7H3,(H,29,39)(H,30,38)(H,36,37). The summed E-state index contributed by atoms with van der Waals surface area (Å²) in [5, 5.41) is 25.7. The molecular weight excluding hydrogens is 538 g/mol. The molecular formula is C27H49N5O9. The number of methoxy groups -OCH3 is 2. The number of likely N-dealkylation sites (tertiary alicyclic amines) is 1. The van der Waals surface area contributed by atoms with Crippen LogP contribution in [0.4, 0.5) is 0 Å². The van der Waals surface area contributed by atoms with Crippen LogP contribution in [0.1, 0.15) is 46.5 Å². The van der Waals surface area contributed by atoms with Gasteiger partial charge in [0.25, 0.3) is 0 Å². The van der Waals surface area contributed by atoms with Crippen LogP contribution in [-0.2, 0) is 33.4 Å². The van der Waals surface area contributed by atoms with E-state index in [2.05, 4.69) is 16.0 Å². The van der Waals surface area contributed by atoms with Gasteiger partial charge in [-0.25, -0.2) is 0 Å². The highest BCUT2D eigenvalue weighted by Crippen LogP contribution is 2.29. The molecule has 0 spiro atoms. The Morgan fingerprint density at radius 3 is 2.20 bits per heavy atom. The fourth-order valence-electron chi connectivity index (χ4n) is 5.37. The fraction of sp³-hybridized carbons (Fsp3) is 0.815. The van der Waals surface area contributed by atoms with Crippen LogP contribution in [0.15, 0.2) is 0 Å². The number of carboxylic acids is 1. The molecule has 0 radical (unpaired) electrons. The predicted molar refractivity (Wildman–Crippen MR) is 150 cm³/mol. The second-order valence-electron chi connectivity index (χ2n) is 10.5. The first-order valence-corrected chi connectivity index (χ1v) is 14.0. The molecule has 7 atom stereocenters. The van der Waals surface area contributed by atoms with Crippen LogP contribution < -0.4 is 16.0 Å². The normalized spacial score (nSPS) is 19.4. The van der Waals surface area contributed by atoms with Crippen LogP contribution in [0.25, 0.3) is 0 Å². The Morgan fingerprint density at radius 1 is 1.05 bits per heavy atom. The molecule has 1 rings (SSSR count). The van der Waals surface area contributed by atoms with Crippen molar-refractivity contribution in [2.45, 2.75) is 76.8 Å². The number of hydrogen-bond acceptors (Lipinski definition) is 9. The van der Waals surface area contributed by atoms with Crippen molar-refractivity contribution >= 4 is 29.6 Å². The Hall–Kier alpha value is -2.81. The summed E-state index contributed by atoms with van der Waals surface area (Å²) < 4.78 is 11.4. The van der Waals surface area contributed by atoms with Crippen LogP contribution in [0.2, 0.25) is 0 Å². The van der Waals surface area contributed by atoms with Crippen molar-refractivity contribution in [1.82, 2.24) is 25.8 Å². The number of carbonyl (C=O) groups is 5. The van der Waals surface area contributed by atoms with Crippen LogP contribution in [-0.4, -0.2) is 135 Å². The van der Waals surface area contributed by atoms with Crippen molar-refractivity contribution in [3.8, 4) is 0 Å². The van der Waals surface area contributed by atoms with Gasteiger partial charge in [-0.2, -0.15) is 0 Å². The Bertz CT molecular complexity index is 885. The average Bonchev–Trinajstić information content (AvgIpc) is 3.44. The topological polar surface area (TPSA) is 187 Å². The van der Waals surface area contributed by atoms with Gasteiger partial charge in [0.05, 0.1) is 49.8 Å². The van der Waals surface area contributed by atoms with Crippen molar-refractivity contribution in [2.24, 2.45) is 11.8 Å². The van der Waals surface area contributed by atoms with E-state index in [-0.39, 0.29) is 36.7 Å². The van der Waals surface area contributed by atoms with Crippen molar-refractivity contribution < 1.29 is 43.7 Å². The van der Waals surface area contributed by atoms with E-state index in [0.717, 1.165) is 0 Å². The number of hydrogen-bond donors (Lipinski definition) is 5. The zero-order valence-electron chi connectivity index (χ0n) is 25.3. The number of ether oxygens (including phenoxy) is 2. The number of rotatable bonds is 18. The van der Waals surface area contributed by atoms with E-state index in [1.807, 2.05) is 13.8 Å². The monoisotopic (exact) mass is 587 g/mol. The molecule has 0 aliphatic carbocycles. The Kier molecular flexibility index (Phi) is 15.8. The van der Waals surface area contributed by atoms with Gasteiger partial charge in [-0.3, -0.25) is 24.0 Å². The Balaban J connectivity index is 3.04. The van der Waals surface area contributed by atoms with Crippen molar-refractivity contribution in [3.05, 3.63) is 0 Å². The molecule has 1 aliphatic rings. The molecule has 1 saturated heterocycles. The van der Waals surface area contributed by atoms with Crippen molar-refractivity contribution in [3.63, 3.8) is 0 Å². The Labute approximate surface area is 242 Å². The molecule has 41 heavy (non-hydrogen) atoms. The van der Waals surface area contributed by atoms with Crippen LogP contribution >= 0.6 is 0 Å². The largest absolute Gasteiger partial charge is 0.480 e. The molecule has 1 heterocycles. The molecule has 0 aromatic carbocycles. The van der Waals surface area contributed by atoms with E-state index >= 15 is 0 Å². The highest BCUT2D eigenvalue weighted by Gasteiger charge is 2.42. The smallest absolute Gasteiger partial charge is 0.322 e. The molecule has 4 amide bonds. The number of nitrogens with one attached hydrogen (secondary N) is 3. The van der Waals surface area contributed by atoms with Gasteiger partial charge in [0.15, 0.2) is 0 Å². The van der Waals surface area contributed by atoms with Crippen LogP contribution in [0, 0.1) is 11.8 Å². The number of carboxylic acid groups (broad SMARTS) is 1. The molecule has 1 fully saturated rings. The SMILES string of the molecule is CCC(C)C(C(CC(=O)N1CCCC1C(OC)C(C)C(=O)NCC(=O)O)OC)N(C)C(=O)CNC(=O)C(CO)NC. The number of aliphatic hydroxyl groups is 1. The van der Waals surface area contributed by atoms with Gasteiger partial charge in [0, 0.05) is 27.8 Å². The molecule has 1 aliphatic heterocycles. The van der Waals surface area contributed by atoms with Crippen molar-refractivity contribution in [2.75, 3.05) is 54.6 Å². The summed E-state index contributed by atoms with van der Waals surface area (Å²) in [6, 6.07) is -1.70. The quantitative estimate of drug-likeness (QED) is 0.130. The second kappa shape index (κ2) is 17.9. The van der Waals surface area contributed by atoms with Crippen LogP contribution in [0.3, 0.4) is 0 Å². The van der Waals surface area contributed by atoms with E-state index in [1.165, 1.54) is 26.2 Å².